The van der Waals surface area contributed by atoms with E-state index in [1.54, 1.807) is 0 Å². The van der Waals surface area contributed by atoms with Gasteiger partial charge in [-0.1, -0.05) is 28.1 Å². The molecule has 5 rings (SSSR count). The van der Waals surface area contributed by atoms with Gasteiger partial charge in [-0.3, -0.25) is 0 Å². The number of ether oxygens (including phenoxy) is 2. The molecular formula is C21H20BrNO2. The molecule has 3 aliphatic rings. The van der Waals surface area contributed by atoms with Crippen LogP contribution in [0, 0.1) is 11.8 Å². The molecule has 0 saturated carbocycles. The molecule has 2 saturated heterocycles. The lowest BCUT2D eigenvalue weighted by molar-refractivity contribution is 0.0256. The Kier molecular flexibility index (Phi) is 3.47. The number of hydrogen-bond acceptors (Lipinski definition) is 3. The number of nitrogens with zero attached hydrogens (tertiary/aromatic N) is 1. The number of fused-ring (bicyclic) bond motifs is 5. The van der Waals surface area contributed by atoms with Crippen LogP contribution in [0.15, 0.2) is 65.2 Å². The number of rotatable bonds is 3. The fraction of sp³-hybridized carbons (Fsp3) is 0.333. The Hall–Kier alpha value is -1.78. The quantitative estimate of drug-likeness (QED) is 0.678. The van der Waals surface area contributed by atoms with Crippen molar-refractivity contribution in [2.75, 3.05) is 18.0 Å². The van der Waals surface area contributed by atoms with Gasteiger partial charge in [0.2, 0.25) is 0 Å². The molecule has 4 heteroatoms. The minimum Gasteiger partial charge on any atom is -0.457 e. The van der Waals surface area contributed by atoms with Gasteiger partial charge in [-0.2, -0.15) is 0 Å². The minimum atomic E-state index is -0.0608. The van der Waals surface area contributed by atoms with Crippen LogP contribution < -0.4 is 9.64 Å². The minimum absolute atomic E-state index is 0.0608. The standard InChI is InChI=1S/C21H20BrNO2/c1-21-11-10-20(25-21)18-12-23(13-19(18)21)15-4-8-17(9-5-15)24-16-6-2-14(22)3-7-16/h2-11,18-20H,12-13H2,1H3. The van der Waals surface area contributed by atoms with Gasteiger partial charge in [-0.25, -0.2) is 0 Å². The molecule has 0 aromatic heterocycles. The van der Waals surface area contributed by atoms with Crippen molar-refractivity contribution < 1.29 is 9.47 Å². The molecule has 128 valence electrons. The maximum atomic E-state index is 6.14. The second-order valence-electron chi connectivity index (χ2n) is 7.35. The average Bonchev–Trinajstić information content (AvgIpc) is 3.28. The molecule has 3 aliphatic heterocycles. The van der Waals surface area contributed by atoms with Crippen LogP contribution in [0.3, 0.4) is 0 Å². The van der Waals surface area contributed by atoms with E-state index in [0.29, 0.717) is 17.9 Å². The molecule has 0 N–H and O–H groups in total. The Morgan fingerprint density at radius 2 is 1.72 bits per heavy atom. The van der Waals surface area contributed by atoms with Crippen LogP contribution in [-0.2, 0) is 4.74 Å². The summed E-state index contributed by atoms with van der Waals surface area (Å²) in [5.41, 5.74) is 1.20. The van der Waals surface area contributed by atoms with Crippen molar-refractivity contribution in [1.82, 2.24) is 0 Å². The first-order valence-corrected chi connectivity index (χ1v) is 9.56. The summed E-state index contributed by atoms with van der Waals surface area (Å²) in [7, 11) is 0. The molecule has 3 nitrogen and oxygen atoms in total. The highest BCUT2D eigenvalue weighted by atomic mass is 79.9. The molecule has 0 aliphatic carbocycles. The fourth-order valence-corrected chi connectivity index (χ4v) is 4.71. The average molecular weight is 398 g/mol. The zero-order valence-electron chi connectivity index (χ0n) is 14.1. The normalized spacial score (nSPS) is 32.2. The molecular weight excluding hydrogens is 378 g/mol. The SMILES string of the molecule is CC12C=CC(O1)C1CN(c3ccc(Oc4ccc(Br)cc4)cc3)CC12. The van der Waals surface area contributed by atoms with Crippen LogP contribution in [0.5, 0.6) is 11.5 Å². The van der Waals surface area contributed by atoms with Gasteiger partial charge >= 0.3 is 0 Å². The number of halogens is 1. The lowest BCUT2D eigenvalue weighted by Crippen LogP contribution is -2.33. The first-order chi connectivity index (χ1) is 12.1. The van der Waals surface area contributed by atoms with Gasteiger partial charge in [0.05, 0.1) is 11.7 Å². The van der Waals surface area contributed by atoms with Crippen molar-refractivity contribution in [3.05, 3.63) is 65.2 Å². The highest BCUT2D eigenvalue weighted by Crippen LogP contribution is 2.50. The Bertz CT molecular complexity index is 817. The van der Waals surface area contributed by atoms with E-state index >= 15 is 0 Å². The molecule has 4 atom stereocenters. The van der Waals surface area contributed by atoms with Crippen molar-refractivity contribution in [2.24, 2.45) is 11.8 Å². The summed E-state index contributed by atoms with van der Waals surface area (Å²) in [6.45, 7) is 4.37. The Balaban J connectivity index is 1.29. The highest BCUT2D eigenvalue weighted by molar-refractivity contribution is 9.10. The monoisotopic (exact) mass is 397 g/mol. The van der Waals surface area contributed by atoms with Crippen molar-refractivity contribution >= 4 is 21.6 Å². The van der Waals surface area contributed by atoms with E-state index in [9.17, 15) is 0 Å². The van der Waals surface area contributed by atoms with E-state index in [0.717, 1.165) is 29.1 Å². The van der Waals surface area contributed by atoms with Crippen molar-refractivity contribution in [1.29, 1.82) is 0 Å². The molecule has 0 radical (unpaired) electrons. The molecule has 3 heterocycles. The lowest BCUT2D eigenvalue weighted by atomic mass is 9.79. The van der Waals surface area contributed by atoms with Gasteiger partial charge in [0.15, 0.2) is 0 Å². The second-order valence-corrected chi connectivity index (χ2v) is 8.27. The summed E-state index contributed by atoms with van der Waals surface area (Å²) in [5, 5.41) is 0. The van der Waals surface area contributed by atoms with Crippen molar-refractivity contribution in [3.8, 4) is 11.5 Å². The second kappa shape index (κ2) is 5.61. The fourth-order valence-electron chi connectivity index (χ4n) is 4.44. The van der Waals surface area contributed by atoms with Crippen LogP contribution in [0.25, 0.3) is 0 Å². The van der Waals surface area contributed by atoms with Crippen LogP contribution in [0.2, 0.25) is 0 Å². The van der Waals surface area contributed by atoms with Crippen LogP contribution in [0.4, 0.5) is 5.69 Å². The molecule has 4 unspecified atom stereocenters. The summed E-state index contributed by atoms with van der Waals surface area (Å²) >= 11 is 3.44. The highest BCUT2D eigenvalue weighted by Gasteiger charge is 2.57. The maximum absolute atomic E-state index is 6.14. The largest absolute Gasteiger partial charge is 0.457 e. The van der Waals surface area contributed by atoms with E-state index in [4.69, 9.17) is 9.47 Å². The zero-order chi connectivity index (χ0) is 17.0. The lowest BCUT2D eigenvalue weighted by Gasteiger charge is -2.26. The Morgan fingerprint density at radius 1 is 1.04 bits per heavy atom. The smallest absolute Gasteiger partial charge is 0.127 e. The van der Waals surface area contributed by atoms with Crippen LogP contribution in [0.1, 0.15) is 6.92 Å². The summed E-state index contributed by atoms with van der Waals surface area (Å²) in [4.78, 5) is 2.49. The predicted molar refractivity (Wildman–Crippen MR) is 102 cm³/mol. The number of anilines is 1. The molecule has 2 bridgehead atoms. The number of hydrogen-bond donors (Lipinski definition) is 0. The van der Waals surface area contributed by atoms with Gasteiger partial charge in [-0.15, -0.1) is 0 Å². The maximum Gasteiger partial charge on any atom is 0.127 e. The molecule has 25 heavy (non-hydrogen) atoms. The molecule has 0 amide bonds. The molecule has 0 spiro atoms. The van der Waals surface area contributed by atoms with E-state index in [2.05, 4.69) is 64.2 Å². The van der Waals surface area contributed by atoms with Crippen molar-refractivity contribution in [3.63, 3.8) is 0 Å². The summed E-state index contributed by atoms with van der Waals surface area (Å²) in [5.74, 6) is 2.93. The first kappa shape index (κ1) is 15.5. The van der Waals surface area contributed by atoms with Gasteiger partial charge in [-0.05, 0) is 55.5 Å². The summed E-state index contributed by atoms with van der Waals surface area (Å²) < 4.78 is 13.1. The van der Waals surface area contributed by atoms with Gasteiger partial charge in [0, 0.05) is 35.1 Å². The number of benzene rings is 2. The Labute approximate surface area is 156 Å². The third-order valence-corrected chi connectivity index (χ3v) is 6.31. The van der Waals surface area contributed by atoms with Gasteiger partial charge in [0.25, 0.3) is 0 Å². The molecule has 2 fully saturated rings. The summed E-state index contributed by atoms with van der Waals surface area (Å²) in [6, 6.07) is 16.3. The zero-order valence-corrected chi connectivity index (χ0v) is 15.6. The van der Waals surface area contributed by atoms with E-state index in [-0.39, 0.29) is 5.60 Å². The van der Waals surface area contributed by atoms with Crippen LogP contribution >= 0.6 is 15.9 Å². The molecule has 2 aromatic rings. The molecule has 2 aromatic carbocycles. The first-order valence-electron chi connectivity index (χ1n) is 8.76. The van der Waals surface area contributed by atoms with E-state index in [1.807, 2.05) is 24.3 Å². The predicted octanol–water partition coefficient (Wildman–Crippen LogP) is 5.02. The third-order valence-electron chi connectivity index (χ3n) is 5.78. The van der Waals surface area contributed by atoms with Crippen LogP contribution in [-0.4, -0.2) is 24.8 Å². The van der Waals surface area contributed by atoms with E-state index < -0.39 is 0 Å². The van der Waals surface area contributed by atoms with Gasteiger partial charge < -0.3 is 14.4 Å². The Morgan fingerprint density at radius 3 is 2.40 bits per heavy atom. The topological polar surface area (TPSA) is 21.7 Å². The third kappa shape index (κ3) is 2.59. The van der Waals surface area contributed by atoms with E-state index in [1.165, 1.54) is 5.69 Å². The summed E-state index contributed by atoms with van der Waals surface area (Å²) in [6.07, 6.45) is 4.82. The van der Waals surface area contributed by atoms with Crippen molar-refractivity contribution in [2.45, 2.75) is 18.6 Å². The van der Waals surface area contributed by atoms with Gasteiger partial charge in [0.1, 0.15) is 11.5 Å².